The number of hydrogen-bond donors (Lipinski definition) is 1. The lowest BCUT2D eigenvalue weighted by Crippen LogP contribution is -2.36. The number of rotatable bonds is 7. The van der Waals surface area contributed by atoms with E-state index < -0.39 is 30.8 Å². The van der Waals surface area contributed by atoms with Gasteiger partial charge in [0, 0.05) is 12.8 Å². The number of sulfone groups is 1. The van der Waals surface area contributed by atoms with Gasteiger partial charge in [-0.1, -0.05) is 6.07 Å². The van der Waals surface area contributed by atoms with Gasteiger partial charge in [0.25, 0.3) is 0 Å². The van der Waals surface area contributed by atoms with E-state index in [9.17, 15) is 21.2 Å². The van der Waals surface area contributed by atoms with E-state index >= 15 is 0 Å². The Morgan fingerprint density at radius 2 is 1.90 bits per heavy atom. The molecule has 2 N–H and O–H groups in total. The first kappa shape index (κ1) is 16.9. The number of halogens is 1. The highest BCUT2D eigenvalue weighted by Gasteiger charge is 2.26. The first-order valence-electron chi connectivity index (χ1n) is 5.79. The Morgan fingerprint density at radius 3 is 2.40 bits per heavy atom. The van der Waals surface area contributed by atoms with Crippen LogP contribution in [-0.2, 0) is 19.9 Å². The Morgan fingerprint density at radius 1 is 1.25 bits per heavy atom. The fourth-order valence-electron chi connectivity index (χ4n) is 1.63. The summed E-state index contributed by atoms with van der Waals surface area (Å²) in [7, 11) is -7.82. The molecule has 0 aliphatic carbocycles. The van der Waals surface area contributed by atoms with Crippen molar-refractivity contribution in [3.63, 3.8) is 0 Å². The molecule has 114 valence electrons. The van der Waals surface area contributed by atoms with Gasteiger partial charge in [-0.2, -0.15) is 0 Å². The van der Waals surface area contributed by atoms with Crippen LogP contribution in [0.25, 0.3) is 0 Å². The van der Waals surface area contributed by atoms with Crippen molar-refractivity contribution < 1.29 is 21.2 Å². The summed E-state index contributed by atoms with van der Waals surface area (Å²) in [6, 6.07) is 4.97. The number of nitrogens with zero attached hydrogens (tertiary/aromatic N) is 1. The van der Waals surface area contributed by atoms with Gasteiger partial charge in [0.05, 0.1) is 5.69 Å². The molecule has 9 heteroatoms. The summed E-state index contributed by atoms with van der Waals surface area (Å²) in [6.45, 7) is 0.234. The minimum Gasteiger partial charge on any atom is -0.330 e. The Hall–Kier alpha value is -1.19. The Balaban J connectivity index is 3.19. The van der Waals surface area contributed by atoms with Crippen LogP contribution in [0.3, 0.4) is 0 Å². The van der Waals surface area contributed by atoms with Gasteiger partial charge in [0.1, 0.15) is 5.82 Å². The molecule has 0 aliphatic rings. The van der Waals surface area contributed by atoms with Gasteiger partial charge in [-0.05, 0) is 31.2 Å². The van der Waals surface area contributed by atoms with Crippen LogP contribution in [0.5, 0.6) is 0 Å². The third-order valence-corrected chi connectivity index (χ3v) is 6.33. The summed E-state index contributed by atoms with van der Waals surface area (Å²) in [5.41, 5.74) is 5.43. The summed E-state index contributed by atoms with van der Waals surface area (Å²) in [5, 5.41) is -1.03. The van der Waals surface area contributed by atoms with Crippen molar-refractivity contribution in [3.8, 4) is 0 Å². The Kier molecular flexibility index (Phi) is 5.49. The van der Waals surface area contributed by atoms with Gasteiger partial charge >= 0.3 is 0 Å². The van der Waals surface area contributed by atoms with E-state index in [1.807, 2.05) is 0 Å². The highest BCUT2D eigenvalue weighted by molar-refractivity contribution is 8.08. The van der Waals surface area contributed by atoms with Crippen LogP contribution < -0.4 is 10.0 Å². The molecular formula is C11H17FN2O4S2. The summed E-state index contributed by atoms with van der Waals surface area (Å²) in [4.78, 5) is 0. The van der Waals surface area contributed by atoms with Gasteiger partial charge in [-0.15, -0.1) is 0 Å². The third-order valence-electron chi connectivity index (χ3n) is 2.36. The summed E-state index contributed by atoms with van der Waals surface area (Å²) in [6.07, 6.45) is 1.16. The minimum absolute atomic E-state index is 0.00218. The monoisotopic (exact) mass is 324 g/mol. The van der Waals surface area contributed by atoms with E-state index in [2.05, 4.69) is 0 Å². The van der Waals surface area contributed by atoms with Crippen LogP contribution in [0.2, 0.25) is 0 Å². The van der Waals surface area contributed by atoms with Crippen molar-refractivity contribution in [1.29, 1.82) is 0 Å². The quantitative estimate of drug-likeness (QED) is 0.778. The second kappa shape index (κ2) is 6.51. The Bertz CT molecular complexity index is 659. The number of nitrogens with two attached hydrogens (primary N) is 1. The van der Waals surface area contributed by atoms with Crippen molar-refractivity contribution in [2.24, 2.45) is 5.73 Å². The topological polar surface area (TPSA) is 97.5 Å². The predicted molar refractivity (Wildman–Crippen MR) is 76.0 cm³/mol. The van der Waals surface area contributed by atoms with Crippen LogP contribution >= 0.6 is 0 Å². The van der Waals surface area contributed by atoms with E-state index in [1.165, 1.54) is 18.2 Å². The second-order valence-electron chi connectivity index (χ2n) is 4.35. The third kappa shape index (κ3) is 5.06. The predicted octanol–water partition coefficient (Wildman–Crippen LogP) is 0.313. The molecule has 0 radical (unpaired) electrons. The van der Waals surface area contributed by atoms with E-state index in [0.29, 0.717) is 6.42 Å². The van der Waals surface area contributed by atoms with Crippen molar-refractivity contribution >= 4 is 25.5 Å². The second-order valence-corrected chi connectivity index (χ2v) is 8.75. The zero-order chi connectivity index (χ0) is 15.4. The SMILES string of the molecule is CS(=O)(=O)CS(=O)(=O)N(CCCN)c1cccc(F)c1. The zero-order valence-electron chi connectivity index (χ0n) is 11.0. The average Bonchev–Trinajstić information content (AvgIpc) is 2.26. The van der Waals surface area contributed by atoms with Gasteiger partial charge in [0.2, 0.25) is 10.0 Å². The molecule has 0 heterocycles. The van der Waals surface area contributed by atoms with Gasteiger partial charge in [-0.3, -0.25) is 4.31 Å². The molecule has 0 saturated carbocycles. The Labute approximate surface area is 118 Å². The summed E-state index contributed by atoms with van der Waals surface area (Å²) < 4.78 is 60.8. The largest absolute Gasteiger partial charge is 0.330 e. The molecule has 1 aromatic carbocycles. The maximum absolute atomic E-state index is 13.2. The van der Waals surface area contributed by atoms with Crippen LogP contribution in [0, 0.1) is 5.82 Å². The molecule has 0 aromatic heterocycles. The maximum atomic E-state index is 13.2. The molecule has 0 aliphatic heterocycles. The fraction of sp³-hybridized carbons (Fsp3) is 0.455. The highest BCUT2D eigenvalue weighted by atomic mass is 32.3. The lowest BCUT2D eigenvalue weighted by atomic mass is 10.3. The molecule has 0 amide bonds. The zero-order valence-corrected chi connectivity index (χ0v) is 12.6. The molecule has 0 bridgehead atoms. The van der Waals surface area contributed by atoms with Crippen LogP contribution in [0.4, 0.5) is 10.1 Å². The minimum atomic E-state index is -4.10. The van der Waals surface area contributed by atoms with Crippen molar-refractivity contribution in [2.75, 3.05) is 28.7 Å². The van der Waals surface area contributed by atoms with E-state index in [1.54, 1.807) is 0 Å². The van der Waals surface area contributed by atoms with Gasteiger partial charge in [0.15, 0.2) is 14.9 Å². The number of hydrogen-bond acceptors (Lipinski definition) is 5. The normalized spacial score (nSPS) is 12.3. The van der Waals surface area contributed by atoms with Crippen molar-refractivity contribution in [2.45, 2.75) is 6.42 Å². The van der Waals surface area contributed by atoms with Crippen LogP contribution in [0.15, 0.2) is 24.3 Å². The van der Waals surface area contributed by atoms with E-state index in [-0.39, 0.29) is 18.8 Å². The first-order chi connectivity index (χ1) is 9.15. The number of anilines is 1. The molecule has 0 spiro atoms. The molecule has 1 rings (SSSR count). The van der Waals surface area contributed by atoms with E-state index in [0.717, 1.165) is 16.6 Å². The standard InChI is InChI=1S/C11H17FN2O4S2/c1-19(15,16)9-20(17,18)14(7-3-6-13)11-5-2-4-10(12)8-11/h2,4-5,8H,3,6-7,9,13H2,1H3. The number of benzene rings is 1. The first-order valence-corrected chi connectivity index (χ1v) is 9.46. The highest BCUT2D eigenvalue weighted by Crippen LogP contribution is 2.20. The molecule has 20 heavy (non-hydrogen) atoms. The van der Waals surface area contributed by atoms with Gasteiger partial charge in [-0.25, -0.2) is 21.2 Å². The average molecular weight is 324 g/mol. The smallest absolute Gasteiger partial charge is 0.249 e. The fourth-order valence-corrected chi connectivity index (χ4v) is 5.14. The molecule has 0 atom stereocenters. The molecule has 0 unspecified atom stereocenters. The summed E-state index contributed by atoms with van der Waals surface area (Å²) >= 11 is 0. The lowest BCUT2D eigenvalue weighted by Gasteiger charge is -2.23. The van der Waals surface area contributed by atoms with E-state index in [4.69, 9.17) is 5.73 Å². The lowest BCUT2D eigenvalue weighted by molar-refractivity contribution is 0.587. The molecule has 6 nitrogen and oxygen atoms in total. The van der Waals surface area contributed by atoms with Crippen LogP contribution in [-0.4, -0.2) is 41.3 Å². The van der Waals surface area contributed by atoms with Crippen molar-refractivity contribution in [3.05, 3.63) is 30.1 Å². The van der Waals surface area contributed by atoms with Crippen LogP contribution in [0.1, 0.15) is 6.42 Å². The van der Waals surface area contributed by atoms with Gasteiger partial charge < -0.3 is 5.73 Å². The summed E-state index contributed by atoms with van der Waals surface area (Å²) in [5.74, 6) is -0.602. The molecular weight excluding hydrogens is 307 g/mol. The maximum Gasteiger partial charge on any atom is 0.249 e. The molecule has 0 fully saturated rings. The molecule has 1 aromatic rings. The molecule has 0 saturated heterocycles. The van der Waals surface area contributed by atoms with Crippen molar-refractivity contribution in [1.82, 2.24) is 0 Å². The number of sulfonamides is 1.